The van der Waals surface area contributed by atoms with Crippen LogP contribution in [0.25, 0.3) is 0 Å². The SMILES string of the molecule is C[C@H](C(=O)c1ccc(Cl)cc1)N(C(=O)c1ccc([N+](=O)[O-])cc1)N1C(=O)[C@@H]2[C@H](C1=O)[C@@]1(Cl)C(Cl)=C(Cl)[C@@]2(Cl)C1(Cl)Cl. The van der Waals surface area contributed by atoms with Crippen LogP contribution in [0.5, 0.6) is 0 Å². The van der Waals surface area contributed by atoms with Gasteiger partial charge in [-0.1, -0.05) is 58.0 Å². The third-order valence-corrected chi connectivity index (χ3v) is 12.0. The second-order valence-electron chi connectivity index (χ2n) is 9.57. The zero-order valence-electron chi connectivity index (χ0n) is 20.3. The molecule has 0 spiro atoms. The number of hydrazine groups is 1. The number of alkyl halides is 4. The number of benzene rings is 2. The predicted octanol–water partition coefficient (Wildman–Crippen LogP) is 6.32. The number of fused-ring (bicyclic) bond motifs is 5. The number of non-ortho nitro benzene ring substituents is 1. The third kappa shape index (κ3) is 3.90. The summed E-state index contributed by atoms with van der Waals surface area (Å²) < 4.78 is -2.21. The van der Waals surface area contributed by atoms with Crippen LogP contribution in [-0.2, 0) is 9.59 Å². The van der Waals surface area contributed by atoms with Crippen molar-refractivity contribution in [1.29, 1.82) is 0 Å². The zero-order valence-corrected chi connectivity index (χ0v) is 25.6. The second kappa shape index (κ2) is 9.98. The largest absolute Gasteiger partial charge is 0.292 e. The highest BCUT2D eigenvalue weighted by Gasteiger charge is 2.88. The number of allylic oxidation sites excluding steroid dienone is 2. The molecule has 2 aromatic rings. The van der Waals surface area contributed by atoms with E-state index in [0.717, 1.165) is 24.3 Å². The van der Waals surface area contributed by atoms with Crippen molar-refractivity contribution >= 4 is 110 Å². The van der Waals surface area contributed by atoms with Gasteiger partial charge < -0.3 is 0 Å². The number of ketones is 1. The summed E-state index contributed by atoms with van der Waals surface area (Å²) in [5, 5.41) is 11.9. The van der Waals surface area contributed by atoms with Gasteiger partial charge in [-0.15, -0.1) is 23.2 Å². The van der Waals surface area contributed by atoms with Crippen molar-refractivity contribution in [3.63, 3.8) is 0 Å². The fourth-order valence-electron chi connectivity index (χ4n) is 5.46. The number of Topliss-reactive ketones (excluding diaryl/α,β-unsaturated/α-hetero) is 1. The maximum Gasteiger partial charge on any atom is 0.273 e. The molecule has 41 heavy (non-hydrogen) atoms. The number of nitro benzene ring substituents is 1. The monoisotopic (exact) mass is 697 g/mol. The van der Waals surface area contributed by atoms with Crippen LogP contribution >= 0.6 is 81.2 Å². The van der Waals surface area contributed by atoms with E-state index < -0.39 is 60.4 Å². The zero-order chi connectivity index (χ0) is 30.4. The van der Waals surface area contributed by atoms with Crippen LogP contribution < -0.4 is 0 Å². The molecule has 1 saturated heterocycles. The Kier molecular flexibility index (Phi) is 7.39. The topological polar surface area (TPSA) is 118 Å². The summed E-state index contributed by atoms with van der Waals surface area (Å²) in [7, 11) is 0. The van der Waals surface area contributed by atoms with Gasteiger partial charge in [0.1, 0.15) is 15.8 Å². The van der Waals surface area contributed by atoms with Crippen molar-refractivity contribution in [3.8, 4) is 0 Å². The number of rotatable bonds is 6. The summed E-state index contributed by atoms with van der Waals surface area (Å²) in [5.41, 5.74) is -0.382. The Morgan fingerprint density at radius 2 is 1.29 bits per heavy atom. The fourth-order valence-corrected chi connectivity index (χ4v) is 8.51. The number of carbonyl (C=O) groups is 4. The number of hydrogen-bond acceptors (Lipinski definition) is 6. The van der Waals surface area contributed by atoms with E-state index in [1.54, 1.807) is 0 Å². The van der Waals surface area contributed by atoms with Gasteiger partial charge in [0.15, 0.2) is 10.1 Å². The fraction of sp³-hybridized carbons (Fsp3) is 0.280. The number of hydrogen-bond donors (Lipinski definition) is 0. The Balaban J connectivity index is 1.63. The first kappa shape index (κ1) is 30.4. The van der Waals surface area contributed by atoms with Gasteiger partial charge >= 0.3 is 0 Å². The summed E-state index contributed by atoms with van der Waals surface area (Å²) in [5.74, 6) is -6.93. The molecule has 0 N–H and O–H groups in total. The minimum Gasteiger partial charge on any atom is -0.292 e. The summed E-state index contributed by atoms with van der Waals surface area (Å²) in [6, 6.07) is 8.57. The first-order valence-corrected chi connectivity index (χ1v) is 14.2. The predicted molar refractivity (Wildman–Crippen MR) is 154 cm³/mol. The Labute approximate surface area is 266 Å². The molecule has 3 amide bonds. The van der Waals surface area contributed by atoms with Gasteiger partial charge in [-0.2, -0.15) is 5.01 Å². The van der Waals surface area contributed by atoms with Crippen molar-refractivity contribution in [2.24, 2.45) is 11.8 Å². The van der Waals surface area contributed by atoms with Gasteiger partial charge in [0.2, 0.25) is 0 Å². The lowest BCUT2D eigenvalue weighted by molar-refractivity contribution is -0.384. The average molecular weight is 701 g/mol. The van der Waals surface area contributed by atoms with Crippen LogP contribution in [0.1, 0.15) is 27.6 Å². The van der Waals surface area contributed by atoms with Crippen LogP contribution in [0, 0.1) is 22.0 Å². The molecule has 2 bridgehead atoms. The van der Waals surface area contributed by atoms with Crippen molar-refractivity contribution in [1.82, 2.24) is 10.0 Å². The lowest BCUT2D eigenvalue weighted by Crippen LogP contribution is -2.59. The molecule has 0 aromatic heterocycles. The normalized spacial score (nSPS) is 28.6. The van der Waals surface area contributed by atoms with E-state index in [0.29, 0.717) is 15.0 Å². The van der Waals surface area contributed by atoms with Crippen LogP contribution in [0.2, 0.25) is 5.02 Å². The van der Waals surface area contributed by atoms with E-state index in [4.69, 9.17) is 81.2 Å². The summed E-state index contributed by atoms with van der Waals surface area (Å²) in [6.45, 7) is 1.29. The number of nitrogens with zero attached hydrogens (tertiary/aromatic N) is 3. The number of imide groups is 1. The van der Waals surface area contributed by atoms with E-state index in [-0.39, 0.29) is 26.9 Å². The van der Waals surface area contributed by atoms with Crippen LogP contribution in [0.15, 0.2) is 58.6 Å². The Morgan fingerprint density at radius 3 is 1.73 bits per heavy atom. The highest BCUT2D eigenvalue weighted by Crippen LogP contribution is 2.77. The first-order chi connectivity index (χ1) is 19.0. The van der Waals surface area contributed by atoms with Gasteiger partial charge in [-0.25, -0.2) is 5.01 Å². The van der Waals surface area contributed by atoms with E-state index in [2.05, 4.69) is 0 Å². The minimum absolute atomic E-state index is 0.110. The lowest BCUT2D eigenvalue weighted by atomic mass is 9.84. The Bertz CT molecular complexity index is 1530. The molecule has 3 aliphatic rings. The Morgan fingerprint density at radius 1 is 0.854 bits per heavy atom. The second-order valence-corrected chi connectivity index (χ2v) is 13.3. The molecule has 0 unspecified atom stereocenters. The minimum atomic E-state index is -2.21. The standard InChI is InChI=1S/C25H14Cl7N3O6/c1-10(17(36)11-2-6-13(26)7-3-11)33(20(37)12-4-8-14(9-5-12)35(40)41)34-21(38)15-16(22(34)39)24(30)19(28)18(27)23(15,29)25(24,31)32/h2-10,15-16H,1H3/t10-,15-,16+,23-,24-/m1/s1. The van der Waals surface area contributed by atoms with Crippen molar-refractivity contribution < 1.29 is 24.1 Å². The van der Waals surface area contributed by atoms with Gasteiger partial charge in [0.25, 0.3) is 23.4 Å². The number of amides is 3. The van der Waals surface area contributed by atoms with Crippen LogP contribution in [0.3, 0.4) is 0 Å². The molecule has 2 aliphatic carbocycles. The number of carbonyl (C=O) groups excluding carboxylic acids is 4. The molecule has 2 fully saturated rings. The van der Waals surface area contributed by atoms with E-state index >= 15 is 0 Å². The molecule has 0 radical (unpaired) electrons. The van der Waals surface area contributed by atoms with Crippen molar-refractivity contribution in [3.05, 3.63) is 84.9 Å². The molecule has 1 saturated carbocycles. The van der Waals surface area contributed by atoms with Gasteiger partial charge in [0.05, 0.1) is 26.8 Å². The molecule has 1 aliphatic heterocycles. The highest BCUT2D eigenvalue weighted by atomic mass is 35.5. The molecule has 2 aromatic carbocycles. The van der Waals surface area contributed by atoms with Gasteiger partial charge in [-0.05, 0) is 43.3 Å². The van der Waals surface area contributed by atoms with Crippen LogP contribution in [-0.4, -0.2) is 58.6 Å². The summed E-state index contributed by atoms with van der Waals surface area (Å²) in [6.07, 6.45) is 0. The summed E-state index contributed by atoms with van der Waals surface area (Å²) in [4.78, 5) is 61.6. The molecular formula is C25H14Cl7N3O6. The molecule has 5 atom stereocenters. The Hall–Kier alpha value is -2.11. The molecule has 16 heteroatoms. The molecule has 9 nitrogen and oxygen atoms in total. The van der Waals surface area contributed by atoms with Gasteiger partial charge in [0, 0.05) is 28.3 Å². The molecule has 214 valence electrons. The molecule has 5 rings (SSSR count). The van der Waals surface area contributed by atoms with E-state index in [1.807, 2.05) is 0 Å². The molecular weight excluding hydrogens is 686 g/mol. The quantitative estimate of drug-likeness (QED) is 0.114. The number of nitro groups is 1. The summed E-state index contributed by atoms with van der Waals surface area (Å²) >= 11 is 45.3. The van der Waals surface area contributed by atoms with Gasteiger partial charge in [-0.3, -0.25) is 29.3 Å². The maximum absolute atomic E-state index is 14.0. The number of halogens is 7. The van der Waals surface area contributed by atoms with Crippen molar-refractivity contribution in [2.75, 3.05) is 0 Å². The molecule has 1 heterocycles. The van der Waals surface area contributed by atoms with E-state index in [1.165, 1.54) is 31.2 Å². The third-order valence-electron chi connectivity index (χ3n) is 7.51. The lowest BCUT2D eigenvalue weighted by Gasteiger charge is -2.38. The van der Waals surface area contributed by atoms with E-state index in [9.17, 15) is 29.3 Å². The van der Waals surface area contributed by atoms with Crippen molar-refractivity contribution in [2.45, 2.75) is 27.0 Å². The average Bonchev–Trinajstić information content (AvgIpc) is 3.32. The highest BCUT2D eigenvalue weighted by molar-refractivity contribution is 6.66. The smallest absolute Gasteiger partial charge is 0.273 e. The first-order valence-electron chi connectivity index (χ1n) is 11.6. The van der Waals surface area contributed by atoms with Crippen LogP contribution in [0.4, 0.5) is 5.69 Å². The maximum atomic E-state index is 14.0.